The number of hydrogen-bond acceptors (Lipinski definition) is 4. The third-order valence-corrected chi connectivity index (χ3v) is 7.18. The van der Waals surface area contributed by atoms with Crippen LogP contribution in [0.2, 0.25) is 5.02 Å². The summed E-state index contributed by atoms with van der Waals surface area (Å²) in [7, 11) is 0. The molecule has 4 nitrogen and oxygen atoms in total. The number of thioether (sulfide) groups is 2. The van der Waals surface area contributed by atoms with Crippen LogP contribution in [-0.2, 0) is 9.59 Å². The first-order chi connectivity index (χ1) is 15.1. The van der Waals surface area contributed by atoms with E-state index in [1.807, 2.05) is 60.3 Å². The zero-order valence-corrected chi connectivity index (χ0v) is 20.0. The van der Waals surface area contributed by atoms with Crippen LogP contribution >= 0.6 is 35.1 Å². The smallest absolute Gasteiger partial charge is 0.265 e. The third-order valence-electron chi connectivity index (χ3n) is 4.71. The molecule has 1 aliphatic heterocycles. The highest BCUT2D eigenvalue weighted by Gasteiger charge is 2.30. The van der Waals surface area contributed by atoms with Crippen molar-refractivity contribution in [2.75, 3.05) is 29.5 Å². The molecule has 2 aromatic carbocycles. The van der Waals surface area contributed by atoms with E-state index in [0.29, 0.717) is 16.5 Å². The molecule has 0 radical (unpaired) electrons. The van der Waals surface area contributed by atoms with Gasteiger partial charge in [0.15, 0.2) is 0 Å². The summed E-state index contributed by atoms with van der Waals surface area (Å²) in [6.45, 7) is 2.82. The summed E-state index contributed by atoms with van der Waals surface area (Å²) in [5.41, 5.74) is 1.62. The summed E-state index contributed by atoms with van der Waals surface area (Å²) in [4.78, 5) is 28.9. The summed E-state index contributed by atoms with van der Waals surface area (Å²) < 4.78 is 0. The number of fused-ring (bicyclic) bond motifs is 1. The molecule has 0 saturated carbocycles. The Hall–Kier alpha value is -1.89. The lowest BCUT2D eigenvalue weighted by molar-refractivity contribution is -0.122. The number of rotatable bonds is 10. The average Bonchev–Trinajstić information content (AvgIpc) is 2.76. The van der Waals surface area contributed by atoms with Gasteiger partial charge in [0.05, 0.1) is 10.6 Å². The highest BCUT2D eigenvalue weighted by atomic mass is 35.5. The van der Waals surface area contributed by atoms with Crippen LogP contribution in [0.1, 0.15) is 31.7 Å². The zero-order valence-electron chi connectivity index (χ0n) is 17.6. The van der Waals surface area contributed by atoms with Gasteiger partial charge >= 0.3 is 0 Å². The highest BCUT2D eigenvalue weighted by Crippen LogP contribution is 2.41. The van der Waals surface area contributed by atoms with Crippen molar-refractivity contribution in [3.63, 3.8) is 0 Å². The van der Waals surface area contributed by atoms with Crippen LogP contribution in [-0.4, -0.2) is 36.4 Å². The summed E-state index contributed by atoms with van der Waals surface area (Å²) in [6.07, 6.45) is 5.20. The third kappa shape index (κ3) is 7.06. The first kappa shape index (κ1) is 23.8. The molecule has 2 aromatic rings. The number of nitrogens with one attached hydrogen (secondary N) is 1. The second-order valence-electron chi connectivity index (χ2n) is 7.19. The van der Waals surface area contributed by atoms with Crippen LogP contribution in [0.5, 0.6) is 0 Å². The van der Waals surface area contributed by atoms with Gasteiger partial charge < -0.3 is 5.32 Å². The van der Waals surface area contributed by atoms with Gasteiger partial charge in [0, 0.05) is 16.5 Å². The minimum Gasteiger partial charge on any atom is -0.355 e. The van der Waals surface area contributed by atoms with Gasteiger partial charge in [0.25, 0.3) is 5.91 Å². The van der Waals surface area contributed by atoms with E-state index in [9.17, 15) is 9.59 Å². The Morgan fingerprint density at radius 3 is 2.77 bits per heavy atom. The monoisotopic (exact) mass is 474 g/mol. The Morgan fingerprint density at radius 2 is 1.97 bits per heavy atom. The molecule has 0 bridgehead atoms. The van der Waals surface area contributed by atoms with Crippen molar-refractivity contribution in [2.24, 2.45) is 0 Å². The molecule has 0 fully saturated rings. The molecule has 3 rings (SSSR count). The maximum absolute atomic E-state index is 13.2. The standard InChI is InChI=1S/C24H27ClN2O2S2/c1-2-3-13-30-14-7-12-26-23(28)17-27-20-10-4-5-11-21(20)31-22(24(27)29)16-18-8-6-9-19(25)15-18/h4-6,8-11,15-16H,2-3,7,12-14,17H2,1H3,(H,26,28). The molecule has 0 aromatic heterocycles. The van der Waals surface area contributed by atoms with E-state index in [1.54, 1.807) is 11.0 Å². The van der Waals surface area contributed by atoms with E-state index >= 15 is 0 Å². The number of unbranched alkanes of at least 4 members (excludes halogenated alkanes) is 1. The van der Waals surface area contributed by atoms with Crippen molar-refractivity contribution < 1.29 is 9.59 Å². The number of carbonyl (C=O) groups excluding carboxylic acids is 2. The summed E-state index contributed by atoms with van der Waals surface area (Å²) in [6, 6.07) is 15.1. The largest absolute Gasteiger partial charge is 0.355 e. The molecule has 164 valence electrons. The van der Waals surface area contributed by atoms with Gasteiger partial charge in [0.1, 0.15) is 6.54 Å². The molecule has 0 aliphatic carbocycles. The molecule has 1 N–H and O–H groups in total. The molecule has 1 heterocycles. The molecule has 0 saturated heterocycles. The van der Waals surface area contributed by atoms with Crippen LogP contribution in [0, 0.1) is 0 Å². The number of nitrogens with zero attached hydrogens (tertiary/aromatic N) is 1. The molecule has 0 unspecified atom stereocenters. The van der Waals surface area contributed by atoms with E-state index < -0.39 is 0 Å². The number of para-hydroxylation sites is 1. The van der Waals surface area contributed by atoms with Crippen LogP contribution in [0.3, 0.4) is 0 Å². The second kappa shape index (κ2) is 12.2. The number of carbonyl (C=O) groups is 2. The summed E-state index contributed by atoms with van der Waals surface area (Å²) in [5.74, 6) is 1.89. The fourth-order valence-corrected chi connectivity index (χ4v) is 5.42. The van der Waals surface area contributed by atoms with E-state index in [1.165, 1.54) is 30.4 Å². The Bertz CT molecular complexity index is 949. The van der Waals surface area contributed by atoms with E-state index in [0.717, 1.165) is 28.3 Å². The van der Waals surface area contributed by atoms with Crippen molar-refractivity contribution in [3.8, 4) is 0 Å². The Labute approximate surface area is 197 Å². The zero-order chi connectivity index (χ0) is 22.1. The van der Waals surface area contributed by atoms with Crippen molar-refractivity contribution in [1.29, 1.82) is 0 Å². The average molecular weight is 475 g/mol. The van der Waals surface area contributed by atoms with Crippen LogP contribution in [0.25, 0.3) is 6.08 Å². The number of hydrogen-bond donors (Lipinski definition) is 1. The quantitative estimate of drug-likeness (QED) is 0.346. The lowest BCUT2D eigenvalue weighted by Crippen LogP contribution is -2.43. The van der Waals surface area contributed by atoms with Gasteiger partial charge in [-0.25, -0.2) is 0 Å². The fraction of sp³-hybridized carbons (Fsp3) is 0.333. The minimum atomic E-state index is -0.172. The number of anilines is 1. The van der Waals surface area contributed by atoms with Gasteiger partial charge in [-0.2, -0.15) is 11.8 Å². The Kier molecular flexibility index (Phi) is 9.37. The number of halogens is 1. The maximum atomic E-state index is 13.2. The van der Waals surface area contributed by atoms with Crippen molar-refractivity contribution in [3.05, 3.63) is 64.0 Å². The molecule has 2 amide bonds. The van der Waals surface area contributed by atoms with Gasteiger partial charge in [0.2, 0.25) is 5.91 Å². The molecule has 31 heavy (non-hydrogen) atoms. The van der Waals surface area contributed by atoms with E-state index in [-0.39, 0.29) is 18.4 Å². The van der Waals surface area contributed by atoms with Gasteiger partial charge in [-0.05, 0) is 60.3 Å². The topological polar surface area (TPSA) is 49.4 Å². The van der Waals surface area contributed by atoms with Crippen LogP contribution in [0.4, 0.5) is 5.69 Å². The molecule has 1 aliphatic rings. The summed E-state index contributed by atoms with van der Waals surface area (Å²) in [5, 5.41) is 3.57. The molecule has 7 heteroatoms. The molecule has 0 atom stereocenters. The predicted octanol–water partition coefficient (Wildman–Crippen LogP) is 5.86. The first-order valence-electron chi connectivity index (χ1n) is 10.5. The van der Waals surface area contributed by atoms with Crippen molar-refractivity contribution in [2.45, 2.75) is 31.1 Å². The van der Waals surface area contributed by atoms with E-state index in [4.69, 9.17) is 11.6 Å². The van der Waals surface area contributed by atoms with E-state index in [2.05, 4.69) is 12.2 Å². The van der Waals surface area contributed by atoms with Gasteiger partial charge in [-0.1, -0.05) is 61.0 Å². The normalized spacial score (nSPS) is 14.6. The van der Waals surface area contributed by atoms with Gasteiger partial charge in [-0.3, -0.25) is 14.5 Å². The maximum Gasteiger partial charge on any atom is 0.265 e. The Balaban J connectivity index is 1.66. The predicted molar refractivity (Wildman–Crippen MR) is 134 cm³/mol. The fourth-order valence-electron chi connectivity index (χ4n) is 3.12. The van der Waals surface area contributed by atoms with Crippen LogP contribution < -0.4 is 10.2 Å². The second-order valence-corrected chi connectivity index (χ2v) is 9.94. The minimum absolute atomic E-state index is 0.00622. The Morgan fingerprint density at radius 1 is 1.16 bits per heavy atom. The van der Waals surface area contributed by atoms with Crippen molar-refractivity contribution >= 4 is 58.7 Å². The molecular weight excluding hydrogens is 448 g/mol. The lowest BCUT2D eigenvalue weighted by atomic mass is 10.2. The molecular formula is C24H27ClN2O2S2. The van der Waals surface area contributed by atoms with Crippen LogP contribution in [0.15, 0.2) is 58.3 Å². The number of amides is 2. The first-order valence-corrected chi connectivity index (χ1v) is 12.8. The molecule has 0 spiro atoms. The lowest BCUT2D eigenvalue weighted by Gasteiger charge is -2.29. The van der Waals surface area contributed by atoms with Gasteiger partial charge in [-0.15, -0.1) is 0 Å². The van der Waals surface area contributed by atoms with Crippen molar-refractivity contribution in [1.82, 2.24) is 5.32 Å². The summed E-state index contributed by atoms with van der Waals surface area (Å²) >= 11 is 9.43. The highest BCUT2D eigenvalue weighted by molar-refractivity contribution is 8.04. The number of benzene rings is 2. The SMILES string of the molecule is CCCCSCCCNC(=O)CN1C(=O)C(=Cc2cccc(Cl)c2)Sc2ccccc21.